The zero-order chi connectivity index (χ0) is 19.3. The largest absolute Gasteiger partial charge is 0.508 e. The van der Waals surface area contributed by atoms with Gasteiger partial charge in [0.15, 0.2) is 11.6 Å². The molecule has 7 heteroatoms. The Morgan fingerprint density at radius 1 is 1.11 bits per heavy atom. The Kier molecular flexibility index (Phi) is 4.11. The molecule has 0 radical (unpaired) electrons. The number of nitriles is 1. The molecule has 4 rings (SSSR count). The van der Waals surface area contributed by atoms with Crippen LogP contribution >= 0.6 is 23.2 Å². The summed E-state index contributed by atoms with van der Waals surface area (Å²) in [6.45, 7) is 0. The highest BCUT2D eigenvalue weighted by Crippen LogP contribution is 2.50. The third-order valence-corrected chi connectivity index (χ3v) is 5.10. The predicted octanol–water partition coefficient (Wildman–Crippen LogP) is 5.69. The monoisotopic (exact) mass is 401 g/mol. The van der Waals surface area contributed by atoms with Crippen LogP contribution in [0.1, 0.15) is 33.9 Å². The van der Waals surface area contributed by atoms with Gasteiger partial charge >= 0.3 is 0 Å². The molecule has 2 aromatic carbocycles. The number of allylic oxidation sites excluding steroid dienone is 1. The molecule has 1 unspecified atom stereocenters. The van der Waals surface area contributed by atoms with Gasteiger partial charge in [-0.25, -0.2) is 4.39 Å². The van der Waals surface area contributed by atoms with Gasteiger partial charge in [-0.05, 0) is 58.7 Å². The molecule has 0 aliphatic heterocycles. The van der Waals surface area contributed by atoms with Gasteiger partial charge in [0.2, 0.25) is 0 Å². The van der Waals surface area contributed by atoms with Crippen molar-refractivity contribution in [2.45, 2.75) is 5.92 Å². The molecule has 4 nitrogen and oxygen atoms in total. The normalized spacial score (nSPS) is 15.3. The predicted molar refractivity (Wildman–Crippen MR) is 99.3 cm³/mol. The summed E-state index contributed by atoms with van der Waals surface area (Å²) in [5.74, 6) is -1.82. The summed E-state index contributed by atoms with van der Waals surface area (Å²) in [6, 6.07) is 9.08. The van der Waals surface area contributed by atoms with Gasteiger partial charge in [-0.15, -0.1) is 0 Å². The minimum atomic E-state index is -0.873. The Labute approximate surface area is 163 Å². The molecule has 0 spiro atoms. The molecule has 27 heavy (non-hydrogen) atoms. The summed E-state index contributed by atoms with van der Waals surface area (Å²) in [7, 11) is 0. The molecule has 3 aromatic rings. The van der Waals surface area contributed by atoms with Crippen molar-refractivity contribution >= 4 is 34.9 Å². The minimum absolute atomic E-state index is 0.0432. The van der Waals surface area contributed by atoms with Crippen LogP contribution in [0, 0.1) is 17.1 Å². The Morgan fingerprint density at radius 2 is 1.89 bits per heavy atom. The van der Waals surface area contributed by atoms with E-state index in [-0.39, 0.29) is 10.8 Å². The molecule has 1 aliphatic rings. The van der Waals surface area contributed by atoms with E-state index in [1.165, 1.54) is 30.5 Å². The van der Waals surface area contributed by atoms with Crippen LogP contribution in [0.5, 0.6) is 11.5 Å². The Bertz CT molecular complexity index is 1140. The van der Waals surface area contributed by atoms with Gasteiger partial charge in [0.25, 0.3) is 0 Å². The fourth-order valence-corrected chi connectivity index (χ4v) is 3.81. The van der Waals surface area contributed by atoms with E-state index in [0.717, 1.165) is 6.07 Å². The summed E-state index contributed by atoms with van der Waals surface area (Å²) in [5, 5.41) is 29.1. The molecule has 0 saturated heterocycles. The van der Waals surface area contributed by atoms with Crippen molar-refractivity contribution in [1.29, 1.82) is 5.26 Å². The molecule has 1 aromatic heterocycles. The SMILES string of the molecule is N#Cc1ccoc1C1C(c2cc(F)c(O)c(Cl)c2)=Cc2c(Cl)cc(O)cc21. The quantitative estimate of drug-likeness (QED) is 0.577. The van der Waals surface area contributed by atoms with E-state index < -0.39 is 17.5 Å². The first-order chi connectivity index (χ1) is 12.9. The van der Waals surface area contributed by atoms with Gasteiger partial charge in [0.1, 0.15) is 17.6 Å². The van der Waals surface area contributed by atoms with E-state index in [1.807, 2.05) is 0 Å². The molecule has 134 valence electrons. The molecular formula is C20H10Cl2FNO3. The van der Waals surface area contributed by atoms with Crippen molar-refractivity contribution in [2.75, 3.05) is 0 Å². The van der Waals surface area contributed by atoms with Crippen molar-refractivity contribution in [2.24, 2.45) is 0 Å². The zero-order valence-corrected chi connectivity index (χ0v) is 15.0. The summed E-state index contributed by atoms with van der Waals surface area (Å²) in [5.41, 5.74) is 2.52. The summed E-state index contributed by atoms with van der Waals surface area (Å²) < 4.78 is 19.6. The first kappa shape index (κ1) is 17.5. The lowest BCUT2D eigenvalue weighted by Gasteiger charge is -2.17. The minimum Gasteiger partial charge on any atom is -0.508 e. The van der Waals surface area contributed by atoms with Crippen LogP contribution in [-0.2, 0) is 0 Å². The van der Waals surface area contributed by atoms with Crippen LogP contribution in [0.15, 0.2) is 41.0 Å². The maximum Gasteiger partial charge on any atom is 0.170 e. The lowest BCUT2D eigenvalue weighted by molar-refractivity contribution is 0.432. The standard InChI is InChI=1S/C20H10Cl2FNO3/c21-15-6-11(25)5-14-13(15)7-12(10-3-16(22)19(26)17(23)4-10)18(14)20-9(8-24)1-2-27-20/h1-7,18,25-26H. The molecular weight excluding hydrogens is 392 g/mol. The summed E-state index contributed by atoms with van der Waals surface area (Å²) in [6.07, 6.45) is 3.12. The Balaban J connectivity index is 1.99. The smallest absolute Gasteiger partial charge is 0.170 e. The van der Waals surface area contributed by atoms with Crippen molar-refractivity contribution in [3.8, 4) is 17.6 Å². The number of hydrogen-bond acceptors (Lipinski definition) is 4. The van der Waals surface area contributed by atoms with Crippen LogP contribution in [0.25, 0.3) is 11.6 Å². The molecule has 1 aliphatic carbocycles. The van der Waals surface area contributed by atoms with Gasteiger partial charge in [-0.3, -0.25) is 0 Å². The first-order valence-corrected chi connectivity index (χ1v) is 8.56. The van der Waals surface area contributed by atoms with Gasteiger partial charge < -0.3 is 14.6 Å². The maximum absolute atomic E-state index is 14.1. The number of aromatic hydroxyl groups is 2. The average molecular weight is 402 g/mol. The number of benzene rings is 2. The van der Waals surface area contributed by atoms with Crippen LogP contribution in [0.3, 0.4) is 0 Å². The number of phenols is 2. The van der Waals surface area contributed by atoms with Crippen molar-refractivity contribution in [3.05, 3.63) is 80.5 Å². The summed E-state index contributed by atoms with van der Waals surface area (Å²) >= 11 is 12.2. The van der Waals surface area contributed by atoms with E-state index in [0.29, 0.717) is 38.6 Å². The molecule has 0 saturated carbocycles. The van der Waals surface area contributed by atoms with Gasteiger partial charge in [0, 0.05) is 0 Å². The molecule has 1 heterocycles. The Hall–Kier alpha value is -2.94. The fourth-order valence-electron chi connectivity index (χ4n) is 3.32. The van der Waals surface area contributed by atoms with E-state index in [9.17, 15) is 19.9 Å². The lowest BCUT2D eigenvalue weighted by Crippen LogP contribution is -2.02. The fraction of sp³-hybridized carbons (Fsp3) is 0.0500. The second-order valence-corrected chi connectivity index (χ2v) is 6.88. The van der Waals surface area contributed by atoms with E-state index in [1.54, 1.807) is 6.08 Å². The van der Waals surface area contributed by atoms with E-state index in [4.69, 9.17) is 27.6 Å². The third kappa shape index (κ3) is 2.74. The van der Waals surface area contributed by atoms with Crippen molar-refractivity contribution in [1.82, 2.24) is 0 Å². The maximum atomic E-state index is 14.1. The number of phenolic OH excluding ortho intramolecular Hbond substituents is 2. The number of hydrogen-bond donors (Lipinski definition) is 2. The molecule has 0 bridgehead atoms. The molecule has 2 N–H and O–H groups in total. The summed E-state index contributed by atoms with van der Waals surface area (Å²) in [4.78, 5) is 0. The van der Waals surface area contributed by atoms with E-state index in [2.05, 4.69) is 6.07 Å². The number of rotatable bonds is 2. The molecule has 0 amide bonds. The number of nitrogens with zero attached hydrogens (tertiary/aromatic N) is 1. The average Bonchev–Trinajstić information content (AvgIpc) is 3.22. The number of furan rings is 1. The van der Waals surface area contributed by atoms with Crippen LogP contribution in [0.4, 0.5) is 4.39 Å². The second kappa shape index (κ2) is 6.34. The van der Waals surface area contributed by atoms with Gasteiger partial charge in [-0.1, -0.05) is 23.2 Å². The number of fused-ring (bicyclic) bond motifs is 1. The molecule has 0 fully saturated rings. The van der Waals surface area contributed by atoms with Crippen LogP contribution in [0.2, 0.25) is 10.0 Å². The van der Waals surface area contributed by atoms with Gasteiger partial charge in [0.05, 0.1) is 27.8 Å². The van der Waals surface area contributed by atoms with Crippen molar-refractivity contribution < 1.29 is 19.0 Å². The van der Waals surface area contributed by atoms with Crippen molar-refractivity contribution in [3.63, 3.8) is 0 Å². The number of halogens is 3. The van der Waals surface area contributed by atoms with E-state index >= 15 is 0 Å². The van der Waals surface area contributed by atoms with Crippen LogP contribution < -0.4 is 0 Å². The highest BCUT2D eigenvalue weighted by molar-refractivity contribution is 6.33. The molecule has 1 atom stereocenters. The Morgan fingerprint density at radius 3 is 2.59 bits per heavy atom. The topological polar surface area (TPSA) is 77.4 Å². The van der Waals surface area contributed by atoms with Crippen LogP contribution in [-0.4, -0.2) is 10.2 Å². The van der Waals surface area contributed by atoms with Gasteiger partial charge in [-0.2, -0.15) is 5.26 Å². The highest BCUT2D eigenvalue weighted by atomic mass is 35.5. The highest BCUT2D eigenvalue weighted by Gasteiger charge is 2.34. The second-order valence-electron chi connectivity index (χ2n) is 6.06. The lowest BCUT2D eigenvalue weighted by atomic mass is 9.87. The first-order valence-electron chi connectivity index (χ1n) is 7.80. The zero-order valence-electron chi connectivity index (χ0n) is 13.5. The third-order valence-electron chi connectivity index (χ3n) is 4.50.